The average molecular weight is 475 g/mol. The highest BCUT2D eigenvalue weighted by atomic mass is 16.5. The van der Waals surface area contributed by atoms with Gasteiger partial charge in [0.2, 0.25) is 5.91 Å². The molecule has 2 amide bonds. The highest BCUT2D eigenvalue weighted by Crippen LogP contribution is 2.30. The van der Waals surface area contributed by atoms with Gasteiger partial charge in [0.05, 0.1) is 12.5 Å². The van der Waals surface area contributed by atoms with Crippen molar-refractivity contribution >= 4 is 17.6 Å². The number of hydrogen-bond donors (Lipinski definition) is 1. The number of benzene rings is 1. The summed E-state index contributed by atoms with van der Waals surface area (Å²) in [5, 5.41) is 2.91. The molecule has 1 N–H and O–H groups in total. The number of likely N-dealkylation sites (tertiary alicyclic amines) is 1. The molecule has 182 valence electrons. The van der Waals surface area contributed by atoms with Gasteiger partial charge in [-0.2, -0.15) is 0 Å². The van der Waals surface area contributed by atoms with Crippen LogP contribution in [0, 0.1) is 12.8 Å². The fourth-order valence-electron chi connectivity index (χ4n) is 4.06. The number of nitrogens with one attached hydrogen (secondary N) is 1. The molecule has 2 aromatic heterocycles. The van der Waals surface area contributed by atoms with Crippen molar-refractivity contribution in [1.82, 2.24) is 14.9 Å². The molecule has 0 radical (unpaired) electrons. The maximum atomic E-state index is 13.3. The largest absolute Gasteiger partial charge is 0.490 e. The van der Waals surface area contributed by atoms with E-state index in [1.165, 1.54) is 0 Å². The van der Waals surface area contributed by atoms with Crippen molar-refractivity contribution in [2.45, 2.75) is 33.3 Å². The van der Waals surface area contributed by atoms with Crippen LogP contribution in [-0.4, -0.2) is 46.4 Å². The standard InChI is InChI=1S/C27H30N4O4/c1-3-34-24-16-21(8-9-23(24)35-18-20-10-13-28-14-11-20)27(33)31-15-5-7-22(17-31)26(32)30-25-19(2)6-4-12-29-25/h4,6,8-14,16,22H,3,5,7,15,17-18H2,1-2H3,(H,29,30,32). The average Bonchev–Trinajstić information content (AvgIpc) is 2.89. The van der Waals surface area contributed by atoms with E-state index in [-0.39, 0.29) is 17.7 Å². The van der Waals surface area contributed by atoms with E-state index in [9.17, 15) is 9.59 Å². The van der Waals surface area contributed by atoms with E-state index in [4.69, 9.17) is 9.47 Å². The maximum absolute atomic E-state index is 13.3. The van der Waals surface area contributed by atoms with E-state index in [1.54, 1.807) is 41.7 Å². The Morgan fingerprint density at radius 1 is 1.09 bits per heavy atom. The van der Waals surface area contributed by atoms with E-state index in [0.717, 1.165) is 24.0 Å². The summed E-state index contributed by atoms with van der Waals surface area (Å²) in [7, 11) is 0. The summed E-state index contributed by atoms with van der Waals surface area (Å²) in [4.78, 5) is 36.2. The van der Waals surface area contributed by atoms with Gasteiger partial charge in [-0.15, -0.1) is 0 Å². The summed E-state index contributed by atoms with van der Waals surface area (Å²) in [6, 6.07) is 12.7. The van der Waals surface area contributed by atoms with Gasteiger partial charge in [0.15, 0.2) is 11.5 Å². The third-order valence-corrected chi connectivity index (χ3v) is 5.96. The van der Waals surface area contributed by atoms with E-state index in [0.29, 0.717) is 49.2 Å². The number of nitrogens with zero attached hydrogens (tertiary/aromatic N) is 3. The molecule has 8 heteroatoms. The highest BCUT2D eigenvalue weighted by molar-refractivity contribution is 5.96. The minimum absolute atomic E-state index is 0.112. The van der Waals surface area contributed by atoms with Crippen molar-refractivity contribution in [2.24, 2.45) is 5.92 Å². The number of anilines is 1. The maximum Gasteiger partial charge on any atom is 0.254 e. The molecule has 1 saturated heterocycles. The summed E-state index contributed by atoms with van der Waals surface area (Å²) in [5.41, 5.74) is 2.40. The highest BCUT2D eigenvalue weighted by Gasteiger charge is 2.29. The molecule has 0 spiro atoms. The van der Waals surface area contributed by atoms with Crippen molar-refractivity contribution in [3.8, 4) is 11.5 Å². The van der Waals surface area contributed by atoms with E-state index < -0.39 is 0 Å². The number of aromatic nitrogens is 2. The van der Waals surface area contributed by atoms with Crippen LogP contribution < -0.4 is 14.8 Å². The first-order chi connectivity index (χ1) is 17.0. The Morgan fingerprint density at radius 3 is 2.69 bits per heavy atom. The Bertz CT molecular complexity index is 1170. The number of piperidine rings is 1. The van der Waals surface area contributed by atoms with Gasteiger partial charge >= 0.3 is 0 Å². The topological polar surface area (TPSA) is 93.7 Å². The Hall–Kier alpha value is -3.94. The lowest BCUT2D eigenvalue weighted by Crippen LogP contribution is -2.43. The molecule has 4 rings (SSSR count). The zero-order valence-electron chi connectivity index (χ0n) is 20.1. The molecule has 1 atom stereocenters. The summed E-state index contributed by atoms with van der Waals surface area (Å²) < 4.78 is 11.7. The molecule has 35 heavy (non-hydrogen) atoms. The van der Waals surface area contributed by atoms with Gasteiger partial charge in [0.1, 0.15) is 12.4 Å². The fourth-order valence-corrected chi connectivity index (χ4v) is 4.06. The molecule has 1 aliphatic rings. The number of carbonyl (C=O) groups is 2. The zero-order chi connectivity index (χ0) is 24.6. The molecule has 0 bridgehead atoms. The van der Waals surface area contributed by atoms with Crippen molar-refractivity contribution < 1.29 is 19.1 Å². The van der Waals surface area contributed by atoms with Gasteiger partial charge in [0.25, 0.3) is 5.91 Å². The molecule has 1 unspecified atom stereocenters. The van der Waals surface area contributed by atoms with E-state index in [2.05, 4.69) is 15.3 Å². The lowest BCUT2D eigenvalue weighted by atomic mass is 9.96. The van der Waals surface area contributed by atoms with Crippen LogP contribution in [0.5, 0.6) is 11.5 Å². The first kappa shape index (κ1) is 24.2. The molecule has 3 heterocycles. The van der Waals surface area contributed by atoms with Gasteiger partial charge in [-0.1, -0.05) is 6.07 Å². The van der Waals surface area contributed by atoms with Gasteiger partial charge in [0, 0.05) is 37.2 Å². The predicted molar refractivity (Wildman–Crippen MR) is 132 cm³/mol. The van der Waals surface area contributed by atoms with Crippen molar-refractivity contribution in [2.75, 3.05) is 25.0 Å². The number of rotatable bonds is 8. The number of pyridine rings is 2. The molecular weight excluding hydrogens is 444 g/mol. The molecule has 8 nitrogen and oxygen atoms in total. The third kappa shape index (κ3) is 6.15. The van der Waals surface area contributed by atoms with Crippen LogP contribution in [0.15, 0.2) is 61.1 Å². The number of carbonyl (C=O) groups excluding carboxylic acids is 2. The number of ether oxygens (including phenoxy) is 2. The van der Waals surface area contributed by atoms with E-state index >= 15 is 0 Å². The van der Waals surface area contributed by atoms with Crippen LogP contribution in [0.2, 0.25) is 0 Å². The Labute approximate surface area is 205 Å². The summed E-state index contributed by atoms with van der Waals surface area (Å²) >= 11 is 0. The lowest BCUT2D eigenvalue weighted by Gasteiger charge is -2.32. The molecule has 1 aliphatic heterocycles. The van der Waals surface area contributed by atoms with Crippen LogP contribution in [0.4, 0.5) is 5.82 Å². The molecule has 3 aromatic rings. The molecule has 0 aliphatic carbocycles. The molecule has 1 aromatic carbocycles. The second kappa shape index (κ2) is 11.5. The van der Waals surface area contributed by atoms with Gasteiger partial charge in [-0.25, -0.2) is 4.98 Å². The van der Waals surface area contributed by atoms with Crippen LogP contribution in [-0.2, 0) is 11.4 Å². The Kier molecular flexibility index (Phi) is 7.92. The first-order valence-electron chi connectivity index (χ1n) is 11.9. The molecule has 1 fully saturated rings. The lowest BCUT2D eigenvalue weighted by molar-refractivity contribution is -0.121. The predicted octanol–water partition coefficient (Wildman–Crippen LogP) is 4.25. The van der Waals surface area contributed by atoms with Crippen LogP contribution >= 0.6 is 0 Å². The van der Waals surface area contributed by atoms with E-state index in [1.807, 2.05) is 38.1 Å². The van der Waals surface area contributed by atoms with Crippen molar-refractivity contribution in [3.63, 3.8) is 0 Å². The van der Waals surface area contributed by atoms with Crippen LogP contribution in [0.1, 0.15) is 41.3 Å². The number of amides is 2. The minimum Gasteiger partial charge on any atom is -0.490 e. The van der Waals surface area contributed by atoms with Crippen molar-refractivity contribution in [1.29, 1.82) is 0 Å². The van der Waals surface area contributed by atoms with Crippen LogP contribution in [0.25, 0.3) is 0 Å². The fraction of sp³-hybridized carbons (Fsp3) is 0.333. The Balaban J connectivity index is 1.43. The SMILES string of the molecule is CCOc1cc(C(=O)N2CCCC(C(=O)Nc3ncccc3C)C2)ccc1OCc1ccncc1. The van der Waals surface area contributed by atoms with Crippen LogP contribution in [0.3, 0.4) is 0 Å². The normalized spacial score (nSPS) is 15.4. The number of aryl methyl sites for hydroxylation is 1. The summed E-state index contributed by atoms with van der Waals surface area (Å²) in [5.74, 6) is 1.12. The van der Waals surface area contributed by atoms with Gasteiger partial charge in [-0.3, -0.25) is 14.6 Å². The van der Waals surface area contributed by atoms with Gasteiger partial charge in [-0.05, 0) is 74.2 Å². The van der Waals surface area contributed by atoms with Crippen molar-refractivity contribution in [3.05, 3.63) is 77.7 Å². The summed E-state index contributed by atoms with van der Waals surface area (Å²) in [6.45, 7) is 5.57. The number of hydrogen-bond acceptors (Lipinski definition) is 6. The second-order valence-electron chi connectivity index (χ2n) is 8.49. The smallest absolute Gasteiger partial charge is 0.254 e. The third-order valence-electron chi connectivity index (χ3n) is 5.96. The minimum atomic E-state index is -0.288. The van der Waals surface area contributed by atoms with Gasteiger partial charge < -0.3 is 19.7 Å². The summed E-state index contributed by atoms with van der Waals surface area (Å²) in [6.07, 6.45) is 6.57. The molecule has 0 saturated carbocycles. The zero-order valence-corrected chi connectivity index (χ0v) is 20.1. The second-order valence-corrected chi connectivity index (χ2v) is 8.49. The quantitative estimate of drug-likeness (QED) is 0.525. The monoisotopic (exact) mass is 474 g/mol. The molecular formula is C27H30N4O4. The Morgan fingerprint density at radius 2 is 1.91 bits per heavy atom. The first-order valence-corrected chi connectivity index (χ1v) is 11.9.